The van der Waals surface area contributed by atoms with Gasteiger partial charge < -0.3 is 0 Å². The van der Waals surface area contributed by atoms with E-state index in [1.54, 1.807) is 0 Å². The second-order valence-electron chi connectivity index (χ2n) is 1.01. The van der Waals surface area contributed by atoms with E-state index in [0.29, 0.717) is 0 Å². The van der Waals surface area contributed by atoms with E-state index in [2.05, 4.69) is 4.99 Å². The molecule has 0 aliphatic carbocycles. The highest BCUT2D eigenvalue weighted by Gasteiger charge is 2.35. The molecule has 0 aromatic heterocycles. The molecule has 0 atom stereocenters. The molecule has 48 valence electrons. The number of nitrogens with zero attached hydrogens (tertiary/aromatic N) is 1. The molecule has 0 unspecified atom stereocenters. The molecular weight excluding hydrogens is 126 g/mol. The van der Waals surface area contributed by atoms with Crippen molar-refractivity contribution in [1.82, 2.24) is 0 Å². The van der Waals surface area contributed by atoms with Gasteiger partial charge in [0.05, 0.1) is 0 Å². The molecule has 0 aromatic rings. The fraction of sp³-hybridized carbons (Fsp3) is 0.667. The predicted octanol–water partition coefficient (Wildman–Crippen LogP) is 1.55. The molecule has 0 saturated heterocycles. The monoisotopic (exact) mass is 129 g/mol. The number of aliphatic imine (C=N–C) groups is 1. The minimum Gasteiger partial charge on any atom is -0.257 e. The van der Waals surface area contributed by atoms with Gasteiger partial charge in [0.2, 0.25) is 0 Å². The van der Waals surface area contributed by atoms with Gasteiger partial charge in [-0.05, 0) is 0 Å². The summed E-state index contributed by atoms with van der Waals surface area (Å²) in [7, 11) is 0.739. The Morgan fingerprint density at radius 3 is 1.75 bits per heavy atom. The molecule has 0 rings (SSSR count). The molecular formula is C3H3F4N. The Balaban J connectivity index is 4.03. The minimum absolute atomic E-state index is 0.739. The van der Waals surface area contributed by atoms with Gasteiger partial charge in [-0.2, -0.15) is 17.6 Å². The highest BCUT2D eigenvalue weighted by Crippen LogP contribution is 2.17. The van der Waals surface area contributed by atoms with Crippen molar-refractivity contribution in [3.8, 4) is 0 Å². The van der Waals surface area contributed by atoms with Crippen molar-refractivity contribution in [2.45, 2.75) is 6.18 Å². The maximum Gasteiger partial charge on any atom is 0.461 e. The van der Waals surface area contributed by atoms with Crippen LogP contribution in [0.4, 0.5) is 17.6 Å². The van der Waals surface area contributed by atoms with Crippen LogP contribution in [0.25, 0.3) is 0 Å². The Bertz CT molecular complexity index is 102. The Kier molecular flexibility index (Phi) is 1.94. The molecule has 0 saturated carbocycles. The Morgan fingerprint density at radius 1 is 1.38 bits per heavy atom. The van der Waals surface area contributed by atoms with Crippen molar-refractivity contribution in [3.63, 3.8) is 0 Å². The van der Waals surface area contributed by atoms with Gasteiger partial charge >= 0.3 is 6.18 Å². The maximum absolute atomic E-state index is 11.3. The van der Waals surface area contributed by atoms with Crippen molar-refractivity contribution in [2.75, 3.05) is 7.05 Å². The van der Waals surface area contributed by atoms with E-state index in [4.69, 9.17) is 0 Å². The van der Waals surface area contributed by atoms with E-state index < -0.39 is 12.1 Å². The first kappa shape index (κ1) is 7.39. The van der Waals surface area contributed by atoms with Gasteiger partial charge in [0.15, 0.2) is 0 Å². The zero-order chi connectivity index (χ0) is 6.78. The lowest BCUT2D eigenvalue weighted by Crippen LogP contribution is -2.17. The third-order valence-corrected chi connectivity index (χ3v) is 0.430. The standard InChI is InChI=1S/C3H3F4N/c1-8-2(4)3(5,6)7/h1H3. The molecule has 1 nitrogen and oxygen atoms in total. The van der Waals surface area contributed by atoms with Crippen LogP contribution in [0.5, 0.6) is 0 Å². The van der Waals surface area contributed by atoms with Crippen LogP contribution in [0.15, 0.2) is 4.99 Å². The highest BCUT2D eigenvalue weighted by atomic mass is 19.4. The molecule has 0 aliphatic rings. The normalized spacial score (nSPS) is 14.4. The topological polar surface area (TPSA) is 12.4 Å². The Labute approximate surface area is 43.0 Å². The van der Waals surface area contributed by atoms with Gasteiger partial charge in [-0.15, -0.1) is 0 Å². The van der Waals surface area contributed by atoms with Gasteiger partial charge in [0.25, 0.3) is 5.97 Å². The Hall–Kier alpha value is -0.610. The molecule has 0 radical (unpaired) electrons. The predicted molar refractivity (Wildman–Crippen MR) is 20.5 cm³/mol. The number of alkyl halides is 3. The van der Waals surface area contributed by atoms with Gasteiger partial charge in [-0.3, -0.25) is 4.99 Å². The second-order valence-corrected chi connectivity index (χ2v) is 1.01. The maximum atomic E-state index is 11.3. The van der Waals surface area contributed by atoms with Gasteiger partial charge in [0.1, 0.15) is 0 Å². The van der Waals surface area contributed by atoms with Crippen LogP contribution in [0.3, 0.4) is 0 Å². The summed E-state index contributed by atoms with van der Waals surface area (Å²) in [6.45, 7) is 0. The smallest absolute Gasteiger partial charge is 0.257 e. The van der Waals surface area contributed by atoms with Crippen molar-refractivity contribution in [3.05, 3.63) is 0 Å². The van der Waals surface area contributed by atoms with Gasteiger partial charge in [-0.1, -0.05) is 0 Å². The number of hydrogen-bond donors (Lipinski definition) is 0. The number of rotatable bonds is 0. The summed E-state index contributed by atoms with van der Waals surface area (Å²) in [6, 6.07) is 0. The first-order valence-electron chi connectivity index (χ1n) is 1.68. The molecule has 0 aromatic carbocycles. The third-order valence-electron chi connectivity index (χ3n) is 0.430. The molecule has 0 spiro atoms. The molecule has 0 fully saturated rings. The number of halogens is 4. The van der Waals surface area contributed by atoms with Gasteiger partial charge in [0, 0.05) is 7.05 Å². The molecule has 8 heavy (non-hydrogen) atoms. The van der Waals surface area contributed by atoms with Crippen LogP contribution in [0.1, 0.15) is 0 Å². The lowest BCUT2D eigenvalue weighted by atomic mass is 10.7. The average Bonchev–Trinajstić information content (AvgIpc) is 1.62. The lowest BCUT2D eigenvalue weighted by Gasteiger charge is -1.97. The van der Waals surface area contributed by atoms with Crippen LogP contribution >= 0.6 is 0 Å². The molecule has 0 amide bonds. The highest BCUT2D eigenvalue weighted by molar-refractivity contribution is 5.80. The quantitative estimate of drug-likeness (QED) is 0.347. The van der Waals surface area contributed by atoms with Crippen molar-refractivity contribution < 1.29 is 17.6 Å². The van der Waals surface area contributed by atoms with Crippen LogP contribution in [-0.2, 0) is 0 Å². The Morgan fingerprint density at radius 2 is 1.75 bits per heavy atom. The van der Waals surface area contributed by atoms with Crippen LogP contribution in [-0.4, -0.2) is 19.2 Å². The molecule has 0 aliphatic heterocycles. The lowest BCUT2D eigenvalue weighted by molar-refractivity contribution is -0.0673. The van der Waals surface area contributed by atoms with Crippen LogP contribution in [0, 0.1) is 0 Å². The van der Waals surface area contributed by atoms with E-state index in [1.807, 2.05) is 0 Å². The summed E-state index contributed by atoms with van der Waals surface area (Å²) in [5.41, 5.74) is 0. The molecule has 0 N–H and O–H groups in total. The third kappa shape index (κ3) is 1.90. The summed E-state index contributed by atoms with van der Waals surface area (Å²) in [5, 5.41) is 0. The number of hydrogen-bond acceptors (Lipinski definition) is 1. The van der Waals surface area contributed by atoms with Crippen LogP contribution in [0.2, 0.25) is 0 Å². The summed E-state index contributed by atoms with van der Waals surface area (Å²) >= 11 is 0. The SMILES string of the molecule is CN=C(F)C(F)(F)F. The van der Waals surface area contributed by atoms with Crippen molar-refractivity contribution >= 4 is 5.97 Å². The molecule has 5 heteroatoms. The zero-order valence-corrected chi connectivity index (χ0v) is 3.96. The summed E-state index contributed by atoms with van der Waals surface area (Å²) in [5.74, 6) is -2.29. The minimum atomic E-state index is -4.91. The summed E-state index contributed by atoms with van der Waals surface area (Å²) in [6.07, 6.45) is -4.91. The second kappa shape index (κ2) is 2.11. The summed E-state index contributed by atoms with van der Waals surface area (Å²) < 4.78 is 44.1. The molecule has 0 heterocycles. The van der Waals surface area contributed by atoms with E-state index in [1.165, 1.54) is 0 Å². The fourth-order valence-electron chi connectivity index (χ4n) is 0.127. The zero-order valence-electron chi connectivity index (χ0n) is 3.96. The first-order valence-corrected chi connectivity index (χ1v) is 1.68. The van der Waals surface area contributed by atoms with Crippen LogP contribution < -0.4 is 0 Å². The largest absolute Gasteiger partial charge is 0.461 e. The van der Waals surface area contributed by atoms with Crippen molar-refractivity contribution in [2.24, 2.45) is 4.99 Å². The fourth-order valence-corrected chi connectivity index (χ4v) is 0.127. The average molecular weight is 129 g/mol. The first-order chi connectivity index (χ1) is 3.48. The van der Waals surface area contributed by atoms with E-state index in [-0.39, 0.29) is 0 Å². The van der Waals surface area contributed by atoms with Gasteiger partial charge in [-0.25, -0.2) is 0 Å². The van der Waals surface area contributed by atoms with E-state index >= 15 is 0 Å². The molecule has 0 bridgehead atoms. The van der Waals surface area contributed by atoms with E-state index in [9.17, 15) is 17.6 Å². The summed E-state index contributed by atoms with van der Waals surface area (Å²) in [4.78, 5) is 2.28. The van der Waals surface area contributed by atoms with Crippen molar-refractivity contribution in [1.29, 1.82) is 0 Å². The van der Waals surface area contributed by atoms with E-state index in [0.717, 1.165) is 7.05 Å².